The Kier molecular flexibility index (Phi) is 4.60. The molecule has 2 heteroatoms. The summed E-state index contributed by atoms with van der Waals surface area (Å²) in [6, 6.07) is 0.770. The van der Waals surface area contributed by atoms with Crippen LogP contribution < -0.4 is 5.32 Å². The van der Waals surface area contributed by atoms with Crippen LogP contribution in [0.1, 0.15) is 40.0 Å². The summed E-state index contributed by atoms with van der Waals surface area (Å²) in [5.74, 6) is 0.875. The van der Waals surface area contributed by atoms with E-state index in [4.69, 9.17) is 0 Å². The Morgan fingerprint density at radius 3 is 2.40 bits per heavy atom. The molecule has 1 rings (SSSR count). The second-order valence-corrected chi connectivity index (χ2v) is 6.30. The molecule has 0 heterocycles. The van der Waals surface area contributed by atoms with Gasteiger partial charge in [0, 0.05) is 19.1 Å². The fourth-order valence-corrected chi connectivity index (χ4v) is 2.77. The van der Waals surface area contributed by atoms with E-state index in [1.807, 2.05) is 0 Å². The summed E-state index contributed by atoms with van der Waals surface area (Å²) in [6.45, 7) is 9.37. The molecule has 2 nitrogen and oxygen atoms in total. The molecule has 0 aromatic heterocycles. The Morgan fingerprint density at radius 1 is 1.27 bits per heavy atom. The molecule has 0 unspecified atom stereocenters. The first-order valence-electron chi connectivity index (χ1n) is 6.29. The third-order valence-electron chi connectivity index (χ3n) is 3.45. The lowest BCUT2D eigenvalue weighted by Crippen LogP contribution is -2.42. The van der Waals surface area contributed by atoms with Crippen LogP contribution in [0.3, 0.4) is 0 Å². The van der Waals surface area contributed by atoms with Gasteiger partial charge < -0.3 is 10.2 Å². The predicted molar refractivity (Wildman–Crippen MR) is 67.1 cm³/mol. The van der Waals surface area contributed by atoms with Gasteiger partial charge in [0.15, 0.2) is 0 Å². The molecule has 0 aromatic carbocycles. The van der Waals surface area contributed by atoms with Crippen molar-refractivity contribution in [2.75, 3.05) is 27.2 Å². The lowest BCUT2D eigenvalue weighted by atomic mass is 9.92. The summed E-state index contributed by atoms with van der Waals surface area (Å²) < 4.78 is 0. The summed E-state index contributed by atoms with van der Waals surface area (Å²) in [5.41, 5.74) is 0.381. The summed E-state index contributed by atoms with van der Waals surface area (Å²) in [4.78, 5) is 2.28. The quantitative estimate of drug-likeness (QED) is 0.752. The van der Waals surface area contributed by atoms with E-state index in [0.717, 1.165) is 25.0 Å². The second-order valence-electron chi connectivity index (χ2n) is 6.30. The molecule has 1 saturated carbocycles. The van der Waals surface area contributed by atoms with Gasteiger partial charge in [0.1, 0.15) is 0 Å². The van der Waals surface area contributed by atoms with Crippen LogP contribution in [0.4, 0.5) is 0 Å². The molecule has 0 bridgehead atoms. The van der Waals surface area contributed by atoms with E-state index in [0.29, 0.717) is 5.41 Å². The van der Waals surface area contributed by atoms with Crippen molar-refractivity contribution in [2.24, 2.45) is 11.3 Å². The molecule has 0 amide bonds. The van der Waals surface area contributed by atoms with Crippen molar-refractivity contribution in [2.45, 2.75) is 46.1 Å². The van der Waals surface area contributed by atoms with Crippen molar-refractivity contribution in [1.29, 1.82) is 0 Å². The Morgan fingerprint density at radius 2 is 1.93 bits per heavy atom. The van der Waals surface area contributed by atoms with Crippen LogP contribution in [-0.4, -0.2) is 38.1 Å². The third-order valence-corrected chi connectivity index (χ3v) is 3.45. The zero-order valence-corrected chi connectivity index (χ0v) is 11.1. The summed E-state index contributed by atoms with van der Waals surface area (Å²) in [5, 5.41) is 3.75. The summed E-state index contributed by atoms with van der Waals surface area (Å²) >= 11 is 0. The molecule has 0 spiro atoms. The van der Waals surface area contributed by atoms with Gasteiger partial charge in [-0.3, -0.25) is 0 Å². The minimum atomic E-state index is 0.381. The minimum Gasteiger partial charge on any atom is -0.313 e. The van der Waals surface area contributed by atoms with Gasteiger partial charge in [-0.15, -0.1) is 0 Å². The number of nitrogens with zero attached hydrogens (tertiary/aromatic N) is 1. The highest BCUT2D eigenvalue weighted by molar-refractivity contribution is 4.83. The summed E-state index contributed by atoms with van der Waals surface area (Å²) in [7, 11) is 4.31. The van der Waals surface area contributed by atoms with E-state index in [9.17, 15) is 0 Å². The predicted octanol–water partition coefficient (Wildman–Crippen LogP) is 2.35. The number of rotatable bonds is 5. The van der Waals surface area contributed by atoms with Crippen LogP contribution in [0, 0.1) is 11.3 Å². The van der Waals surface area contributed by atoms with Crippen molar-refractivity contribution in [3.8, 4) is 0 Å². The van der Waals surface area contributed by atoms with Crippen molar-refractivity contribution in [3.63, 3.8) is 0 Å². The standard InChI is InChI=1S/C13H28N2/c1-11-7-6-8-12(11)14-9-13(2,3)10-15(4)5/h11-12,14H,6-10H2,1-5H3/t11-,12-/m1/s1. The SMILES string of the molecule is C[C@@H]1CCC[C@H]1NCC(C)(C)CN(C)C. The van der Waals surface area contributed by atoms with Crippen LogP contribution in [0.15, 0.2) is 0 Å². The molecular weight excluding hydrogens is 184 g/mol. The zero-order valence-electron chi connectivity index (χ0n) is 11.1. The normalized spacial score (nSPS) is 27.6. The van der Waals surface area contributed by atoms with E-state index in [2.05, 4.69) is 45.1 Å². The van der Waals surface area contributed by atoms with Crippen molar-refractivity contribution in [1.82, 2.24) is 10.2 Å². The van der Waals surface area contributed by atoms with E-state index in [-0.39, 0.29) is 0 Å². The van der Waals surface area contributed by atoms with Gasteiger partial charge in [0.25, 0.3) is 0 Å². The molecule has 0 aliphatic heterocycles. The number of nitrogens with one attached hydrogen (secondary N) is 1. The first-order chi connectivity index (χ1) is 6.91. The fourth-order valence-electron chi connectivity index (χ4n) is 2.77. The number of hydrogen-bond donors (Lipinski definition) is 1. The monoisotopic (exact) mass is 212 g/mol. The Bertz CT molecular complexity index is 187. The lowest BCUT2D eigenvalue weighted by molar-refractivity contribution is 0.220. The van der Waals surface area contributed by atoms with Gasteiger partial charge in [-0.05, 0) is 38.3 Å². The highest BCUT2D eigenvalue weighted by Crippen LogP contribution is 2.25. The third kappa shape index (κ3) is 4.52. The highest BCUT2D eigenvalue weighted by atomic mass is 15.1. The molecule has 1 aliphatic rings. The van der Waals surface area contributed by atoms with Crippen LogP contribution in [-0.2, 0) is 0 Å². The van der Waals surface area contributed by atoms with Crippen molar-refractivity contribution >= 4 is 0 Å². The number of hydrogen-bond acceptors (Lipinski definition) is 2. The molecule has 1 fully saturated rings. The average Bonchev–Trinajstić information content (AvgIpc) is 2.45. The maximum Gasteiger partial charge on any atom is 0.00929 e. The first-order valence-corrected chi connectivity index (χ1v) is 6.29. The second kappa shape index (κ2) is 5.31. The Balaban J connectivity index is 2.28. The first kappa shape index (κ1) is 13.0. The largest absolute Gasteiger partial charge is 0.313 e. The molecule has 90 valence electrons. The van der Waals surface area contributed by atoms with Gasteiger partial charge in [-0.2, -0.15) is 0 Å². The van der Waals surface area contributed by atoms with Gasteiger partial charge in [0.2, 0.25) is 0 Å². The van der Waals surface area contributed by atoms with Crippen LogP contribution >= 0.6 is 0 Å². The van der Waals surface area contributed by atoms with Crippen LogP contribution in [0.25, 0.3) is 0 Å². The van der Waals surface area contributed by atoms with E-state index >= 15 is 0 Å². The molecule has 0 saturated heterocycles. The fraction of sp³-hybridized carbons (Fsp3) is 1.00. The van der Waals surface area contributed by atoms with Gasteiger partial charge >= 0.3 is 0 Å². The Labute approximate surface area is 95.4 Å². The van der Waals surface area contributed by atoms with Crippen molar-refractivity contribution in [3.05, 3.63) is 0 Å². The van der Waals surface area contributed by atoms with Crippen LogP contribution in [0.5, 0.6) is 0 Å². The Hall–Kier alpha value is -0.0800. The molecule has 2 atom stereocenters. The average molecular weight is 212 g/mol. The van der Waals surface area contributed by atoms with E-state index in [1.165, 1.54) is 19.3 Å². The summed E-state index contributed by atoms with van der Waals surface area (Å²) in [6.07, 6.45) is 4.19. The topological polar surface area (TPSA) is 15.3 Å². The zero-order chi connectivity index (χ0) is 11.5. The van der Waals surface area contributed by atoms with Gasteiger partial charge in [-0.25, -0.2) is 0 Å². The molecule has 0 radical (unpaired) electrons. The van der Waals surface area contributed by atoms with E-state index in [1.54, 1.807) is 0 Å². The molecule has 0 aromatic rings. The van der Waals surface area contributed by atoms with Gasteiger partial charge in [-0.1, -0.05) is 27.2 Å². The van der Waals surface area contributed by atoms with Crippen molar-refractivity contribution < 1.29 is 0 Å². The smallest absolute Gasteiger partial charge is 0.00929 e. The lowest BCUT2D eigenvalue weighted by Gasteiger charge is -2.31. The molecule has 1 N–H and O–H groups in total. The van der Waals surface area contributed by atoms with Gasteiger partial charge in [0.05, 0.1) is 0 Å². The van der Waals surface area contributed by atoms with Crippen LogP contribution in [0.2, 0.25) is 0 Å². The minimum absolute atomic E-state index is 0.381. The maximum atomic E-state index is 3.75. The molecular formula is C13H28N2. The molecule has 1 aliphatic carbocycles. The maximum absolute atomic E-state index is 3.75. The molecule has 15 heavy (non-hydrogen) atoms. The van der Waals surface area contributed by atoms with E-state index < -0.39 is 0 Å². The highest BCUT2D eigenvalue weighted by Gasteiger charge is 2.26.